The minimum Gasteiger partial charge on any atom is -0.348 e. The molecular formula is C15H26N6O2. The van der Waals surface area contributed by atoms with Crippen LogP contribution in [0.1, 0.15) is 19.7 Å². The first-order chi connectivity index (χ1) is 11.0. The number of H-pyrrole nitrogens is 1. The molecule has 8 nitrogen and oxygen atoms in total. The Morgan fingerprint density at radius 1 is 1.35 bits per heavy atom. The van der Waals surface area contributed by atoms with E-state index < -0.39 is 6.04 Å². The fourth-order valence-electron chi connectivity index (χ4n) is 2.45. The third-order valence-electron chi connectivity index (χ3n) is 4.09. The number of nitrogens with two attached hydrogens (primary N) is 1. The molecular weight excluding hydrogens is 296 g/mol. The van der Waals surface area contributed by atoms with Gasteiger partial charge in [-0.3, -0.25) is 14.5 Å². The number of nitrogens with one attached hydrogen (secondary N) is 2. The summed E-state index contributed by atoms with van der Waals surface area (Å²) in [6.45, 7) is 7.44. The quantitative estimate of drug-likeness (QED) is 0.632. The number of piperazine rings is 1. The Morgan fingerprint density at radius 3 is 2.61 bits per heavy atom. The van der Waals surface area contributed by atoms with Crippen molar-refractivity contribution in [3.05, 3.63) is 18.2 Å². The van der Waals surface area contributed by atoms with Crippen LogP contribution in [0.2, 0.25) is 0 Å². The van der Waals surface area contributed by atoms with Gasteiger partial charge in [0.2, 0.25) is 11.8 Å². The molecule has 128 valence electrons. The Hall–Kier alpha value is -1.93. The molecule has 23 heavy (non-hydrogen) atoms. The largest absolute Gasteiger partial charge is 0.348 e. The average molecular weight is 322 g/mol. The van der Waals surface area contributed by atoms with Gasteiger partial charge in [-0.1, -0.05) is 13.8 Å². The van der Waals surface area contributed by atoms with Crippen LogP contribution in [-0.4, -0.2) is 70.3 Å². The molecule has 0 aromatic carbocycles. The van der Waals surface area contributed by atoms with Crippen molar-refractivity contribution < 1.29 is 9.59 Å². The molecule has 0 unspecified atom stereocenters. The van der Waals surface area contributed by atoms with Gasteiger partial charge in [0.05, 0.1) is 19.1 Å². The standard InChI is InChI=1S/C15H26N6O2/c1-11(2)14(16)15(23)19-9-13(22)21-7-5-20(6-8-21)10-12-17-3-4-18-12/h3-4,11,14H,5-10,16H2,1-2H3,(H,17,18)(H,19,23)/t14-/m0/s1. The molecule has 2 rings (SSSR count). The number of aromatic nitrogens is 2. The molecule has 1 fully saturated rings. The predicted octanol–water partition coefficient (Wildman–Crippen LogP) is -0.847. The van der Waals surface area contributed by atoms with Crippen LogP contribution in [0.15, 0.2) is 12.4 Å². The van der Waals surface area contributed by atoms with Crippen LogP contribution >= 0.6 is 0 Å². The molecule has 0 saturated carbocycles. The summed E-state index contributed by atoms with van der Waals surface area (Å²) >= 11 is 0. The van der Waals surface area contributed by atoms with Crippen molar-refractivity contribution in [3.8, 4) is 0 Å². The van der Waals surface area contributed by atoms with Crippen LogP contribution in [0, 0.1) is 5.92 Å². The highest BCUT2D eigenvalue weighted by atomic mass is 16.2. The first kappa shape index (κ1) is 17.4. The summed E-state index contributed by atoms with van der Waals surface area (Å²) in [6, 6.07) is -0.576. The Bertz CT molecular complexity index is 508. The number of aromatic amines is 1. The maximum absolute atomic E-state index is 12.2. The number of hydrogen-bond acceptors (Lipinski definition) is 5. The summed E-state index contributed by atoms with van der Waals surface area (Å²) in [7, 11) is 0. The molecule has 4 N–H and O–H groups in total. The van der Waals surface area contributed by atoms with E-state index in [9.17, 15) is 9.59 Å². The summed E-state index contributed by atoms with van der Waals surface area (Å²) in [4.78, 5) is 35.2. The Morgan fingerprint density at radius 2 is 2.04 bits per heavy atom. The maximum atomic E-state index is 12.2. The van der Waals surface area contributed by atoms with Gasteiger partial charge in [-0.05, 0) is 5.92 Å². The minimum atomic E-state index is -0.576. The van der Waals surface area contributed by atoms with Crippen molar-refractivity contribution in [2.75, 3.05) is 32.7 Å². The molecule has 1 aromatic heterocycles. The van der Waals surface area contributed by atoms with Gasteiger partial charge in [0.1, 0.15) is 5.82 Å². The van der Waals surface area contributed by atoms with E-state index in [1.807, 2.05) is 13.8 Å². The molecule has 1 aromatic rings. The van der Waals surface area contributed by atoms with Gasteiger partial charge in [0.15, 0.2) is 0 Å². The van der Waals surface area contributed by atoms with Crippen molar-refractivity contribution in [1.82, 2.24) is 25.1 Å². The van der Waals surface area contributed by atoms with Gasteiger partial charge < -0.3 is 20.9 Å². The third-order valence-corrected chi connectivity index (χ3v) is 4.09. The van der Waals surface area contributed by atoms with Crippen molar-refractivity contribution in [3.63, 3.8) is 0 Å². The zero-order valence-corrected chi connectivity index (χ0v) is 13.8. The number of rotatable bonds is 6. The molecule has 2 amide bonds. The first-order valence-electron chi connectivity index (χ1n) is 7.99. The smallest absolute Gasteiger partial charge is 0.242 e. The average Bonchev–Trinajstić information content (AvgIpc) is 3.05. The van der Waals surface area contributed by atoms with E-state index in [2.05, 4.69) is 20.2 Å². The molecule has 8 heteroatoms. The fraction of sp³-hybridized carbons (Fsp3) is 0.667. The van der Waals surface area contributed by atoms with E-state index in [0.29, 0.717) is 13.1 Å². The van der Waals surface area contributed by atoms with E-state index in [-0.39, 0.29) is 24.3 Å². The number of carbonyl (C=O) groups excluding carboxylic acids is 2. The van der Waals surface area contributed by atoms with Crippen LogP contribution < -0.4 is 11.1 Å². The molecule has 0 bridgehead atoms. The van der Waals surface area contributed by atoms with Crippen molar-refractivity contribution in [1.29, 1.82) is 0 Å². The number of hydrogen-bond donors (Lipinski definition) is 3. The lowest BCUT2D eigenvalue weighted by Gasteiger charge is -2.34. The Kier molecular flexibility index (Phi) is 6.12. The second kappa shape index (κ2) is 8.07. The van der Waals surface area contributed by atoms with E-state index in [4.69, 9.17) is 5.73 Å². The lowest BCUT2D eigenvalue weighted by atomic mass is 10.1. The van der Waals surface area contributed by atoms with Gasteiger partial charge in [0, 0.05) is 38.6 Å². The Labute approximate surface area is 136 Å². The van der Waals surface area contributed by atoms with Gasteiger partial charge in [-0.2, -0.15) is 0 Å². The second-order valence-corrected chi connectivity index (χ2v) is 6.18. The fourth-order valence-corrected chi connectivity index (χ4v) is 2.45. The highest BCUT2D eigenvalue weighted by molar-refractivity contribution is 5.87. The van der Waals surface area contributed by atoms with E-state index in [1.54, 1.807) is 17.3 Å². The topological polar surface area (TPSA) is 107 Å². The Balaban J connectivity index is 1.70. The summed E-state index contributed by atoms with van der Waals surface area (Å²) in [6.07, 6.45) is 3.54. The summed E-state index contributed by atoms with van der Waals surface area (Å²) in [5.41, 5.74) is 5.75. The highest BCUT2D eigenvalue weighted by Gasteiger charge is 2.23. The van der Waals surface area contributed by atoms with Gasteiger partial charge in [-0.15, -0.1) is 0 Å². The van der Waals surface area contributed by atoms with Gasteiger partial charge in [0.25, 0.3) is 0 Å². The number of imidazole rings is 1. The van der Waals surface area contributed by atoms with E-state index in [0.717, 1.165) is 25.5 Å². The van der Waals surface area contributed by atoms with Crippen LogP contribution in [0.25, 0.3) is 0 Å². The molecule has 2 heterocycles. The second-order valence-electron chi connectivity index (χ2n) is 6.18. The molecule has 1 aliphatic heterocycles. The van der Waals surface area contributed by atoms with Crippen molar-refractivity contribution >= 4 is 11.8 Å². The molecule has 0 radical (unpaired) electrons. The third kappa shape index (κ3) is 5.04. The molecule has 1 aliphatic rings. The minimum absolute atomic E-state index is 0.0113. The molecule has 0 spiro atoms. The van der Waals surface area contributed by atoms with Crippen LogP contribution in [0.4, 0.5) is 0 Å². The van der Waals surface area contributed by atoms with Crippen LogP contribution in [0.5, 0.6) is 0 Å². The van der Waals surface area contributed by atoms with Crippen LogP contribution in [-0.2, 0) is 16.1 Å². The summed E-state index contributed by atoms with van der Waals surface area (Å²) < 4.78 is 0. The number of amides is 2. The molecule has 0 aliphatic carbocycles. The lowest BCUT2D eigenvalue weighted by Crippen LogP contribution is -2.52. The van der Waals surface area contributed by atoms with Crippen molar-refractivity contribution in [2.45, 2.75) is 26.4 Å². The molecule has 1 atom stereocenters. The zero-order chi connectivity index (χ0) is 16.8. The van der Waals surface area contributed by atoms with E-state index in [1.165, 1.54) is 0 Å². The first-order valence-corrected chi connectivity index (χ1v) is 7.99. The highest BCUT2D eigenvalue weighted by Crippen LogP contribution is 2.05. The lowest BCUT2D eigenvalue weighted by molar-refractivity contribution is -0.134. The normalized spacial score (nSPS) is 17.3. The van der Waals surface area contributed by atoms with E-state index >= 15 is 0 Å². The SMILES string of the molecule is CC(C)[C@H](N)C(=O)NCC(=O)N1CCN(Cc2ncc[nH]2)CC1. The summed E-state index contributed by atoms with van der Waals surface area (Å²) in [5.74, 6) is 0.645. The zero-order valence-electron chi connectivity index (χ0n) is 13.8. The van der Waals surface area contributed by atoms with Crippen LogP contribution in [0.3, 0.4) is 0 Å². The monoisotopic (exact) mass is 322 g/mol. The number of nitrogens with zero attached hydrogens (tertiary/aromatic N) is 3. The van der Waals surface area contributed by atoms with Gasteiger partial charge in [-0.25, -0.2) is 4.98 Å². The predicted molar refractivity (Wildman–Crippen MR) is 86.3 cm³/mol. The molecule has 1 saturated heterocycles. The number of carbonyl (C=O) groups is 2. The summed E-state index contributed by atoms with van der Waals surface area (Å²) in [5, 5.41) is 2.62. The van der Waals surface area contributed by atoms with Crippen molar-refractivity contribution in [2.24, 2.45) is 11.7 Å². The maximum Gasteiger partial charge on any atom is 0.242 e. The van der Waals surface area contributed by atoms with Gasteiger partial charge >= 0.3 is 0 Å².